The van der Waals surface area contributed by atoms with Gasteiger partial charge in [0.25, 0.3) is 5.56 Å². The average molecular weight is 311 g/mol. The van der Waals surface area contributed by atoms with Crippen molar-refractivity contribution < 1.29 is 9.59 Å². The molecule has 1 atom stereocenters. The Hall–Kier alpha value is -3.21. The van der Waals surface area contributed by atoms with Crippen molar-refractivity contribution in [1.82, 2.24) is 14.9 Å². The number of hydrogen-bond donors (Lipinski definition) is 2. The minimum absolute atomic E-state index is 0.137. The molecule has 2 heterocycles. The van der Waals surface area contributed by atoms with Crippen molar-refractivity contribution in [2.75, 3.05) is 5.73 Å². The van der Waals surface area contributed by atoms with E-state index in [0.717, 1.165) is 0 Å². The smallest absolute Gasteiger partial charge is 0.264 e. The number of nitrogens with one attached hydrogen (secondary N) is 1. The molecule has 0 bridgehead atoms. The SMILES string of the molecule is Cc1nc2cc(C#N)cc(N)c2c(=O)n1[C@H]1CCC(=O)NC1=O. The number of carbonyl (C=O) groups excluding carboxylic acids is 2. The zero-order valence-electron chi connectivity index (χ0n) is 12.3. The van der Waals surface area contributed by atoms with Crippen LogP contribution in [0.2, 0.25) is 0 Å². The number of nitrogens with zero attached hydrogens (tertiary/aromatic N) is 3. The van der Waals surface area contributed by atoms with Gasteiger partial charge >= 0.3 is 0 Å². The molecule has 2 amide bonds. The molecule has 1 aliphatic heterocycles. The lowest BCUT2D eigenvalue weighted by molar-refractivity contribution is -0.135. The molecule has 0 aliphatic carbocycles. The first-order chi connectivity index (χ1) is 10.9. The summed E-state index contributed by atoms with van der Waals surface area (Å²) in [5.41, 5.74) is 6.18. The van der Waals surface area contributed by atoms with Gasteiger partial charge in [0.05, 0.1) is 22.5 Å². The van der Waals surface area contributed by atoms with Crippen molar-refractivity contribution in [3.8, 4) is 6.07 Å². The molecule has 1 aliphatic rings. The minimum Gasteiger partial charge on any atom is -0.398 e. The number of amides is 2. The summed E-state index contributed by atoms with van der Waals surface area (Å²) in [7, 11) is 0. The maximum absolute atomic E-state index is 12.8. The molecule has 8 nitrogen and oxygen atoms in total. The molecule has 0 spiro atoms. The molecule has 2 aromatic rings. The van der Waals surface area contributed by atoms with Gasteiger partial charge in [0.2, 0.25) is 11.8 Å². The molecule has 1 aromatic heterocycles. The number of nitrogens with two attached hydrogens (primary N) is 1. The Labute approximate surface area is 130 Å². The number of nitriles is 1. The van der Waals surface area contributed by atoms with E-state index >= 15 is 0 Å². The van der Waals surface area contributed by atoms with Crippen LogP contribution in [0.1, 0.15) is 30.3 Å². The van der Waals surface area contributed by atoms with Gasteiger partial charge in [0, 0.05) is 12.1 Å². The lowest BCUT2D eigenvalue weighted by atomic mass is 10.0. The highest BCUT2D eigenvalue weighted by Crippen LogP contribution is 2.23. The molecule has 23 heavy (non-hydrogen) atoms. The van der Waals surface area contributed by atoms with E-state index in [1.807, 2.05) is 6.07 Å². The molecule has 0 radical (unpaired) electrons. The monoisotopic (exact) mass is 311 g/mol. The maximum Gasteiger partial charge on any atom is 0.264 e. The summed E-state index contributed by atoms with van der Waals surface area (Å²) in [6.45, 7) is 1.60. The van der Waals surface area contributed by atoms with Crippen LogP contribution in [0, 0.1) is 18.3 Å². The highest BCUT2D eigenvalue weighted by atomic mass is 16.2. The lowest BCUT2D eigenvalue weighted by Gasteiger charge is -2.24. The van der Waals surface area contributed by atoms with Crippen LogP contribution in [-0.2, 0) is 9.59 Å². The Bertz CT molecular complexity index is 954. The van der Waals surface area contributed by atoms with E-state index in [2.05, 4.69) is 10.3 Å². The standard InChI is InChI=1S/C15H13N5O3/c1-7-18-10-5-8(6-16)4-9(17)13(10)15(23)20(7)11-2-3-12(21)19-14(11)22/h4-5,11H,2-3,17H2,1H3,(H,19,21,22)/t11-/m0/s1. The topological polar surface area (TPSA) is 131 Å². The molecule has 0 saturated carbocycles. The van der Waals surface area contributed by atoms with E-state index in [4.69, 9.17) is 11.0 Å². The van der Waals surface area contributed by atoms with Gasteiger partial charge in [-0.3, -0.25) is 24.3 Å². The molecule has 1 fully saturated rings. The number of benzene rings is 1. The number of aromatic nitrogens is 2. The van der Waals surface area contributed by atoms with Gasteiger partial charge in [-0.25, -0.2) is 4.98 Å². The largest absolute Gasteiger partial charge is 0.398 e. The van der Waals surface area contributed by atoms with Crippen molar-refractivity contribution in [2.24, 2.45) is 0 Å². The predicted octanol–water partition coefficient (Wildman–Crippen LogP) is 0.136. The zero-order chi connectivity index (χ0) is 16.7. The van der Waals surface area contributed by atoms with Crippen LogP contribution in [-0.4, -0.2) is 21.4 Å². The number of imide groups is 1. The first-order valence-electron chi connectivity index (χ1n) is 6.98. The molecule has 116 valence electrons. The van der Waals surface area contributed by atoms with Gasteiger partial charge in [-0.15, -0.1) is 0 Å². The van der Waals surface area contributed by atoms with E-state index in [1.54, 1.807) is 6.92 Å². The van der Waals surface area contributed by atoms with Crippen molar-refractivity contribution >= 4 is 28.4 Å². The fourth-order valence-electron chi connectivity index (χ4n) is 2.83. The number of carbonyl (C=O) groups is 2. The summed E-state index contributed by atoms with van der Waals surface area (Å²) in [6.07, 6.45) is 0.387. The lowest BCUT2D eigenvalue weighted by Crippen LogP contribution is -2.45. The van der Waals surface area contributed by atoms with Crippen LogP contribution in [0.15, 0.2) is 16.9 Å². The summed E-state index contributed by atoms with van der Waals surface area (Å²) >= 11 is 0. The van der Waals surface area contributed by atoms with Crippen molar-refractivity contribution in [2.45, 2.75) is 25.8 Å². The van der Waals surface area contributed by atoms with Crippen LogP contribution >= 0.6 is 0 Å². The highest BCUT2D eigenvalue weighted by molar-refractivity contribution is 5.99. The second kappa shape index (κ2) is 5.21. The van der Waals surface area contributed by atoms with E-state index in [0.29, 0.717) is 16.9 Å². The Morgan fingerprint density at radius 1 is 1.39 bits per heavy atom. The molecule has 3 N–H and O–H groups in total. The fraction of sp³-hybridized carbons (Fsp3) is 0.267. The van der Waals surface area contributed by atoms with Crippen LogP contribution in [0.5, 0.6) is 0 Å². The summed E-state index contributed by atoms with van der Waals surface area (Å²) in [5, 5.41) is 11.4. The molecular formula is C15H13N5O3. The maximum atomic E-state index is 12.8. The van der Waals surface area contributed by atoms with Gasteiger partial charge in [0.15, 0.2) is 0 Å². The molecule has 8 heteroatoms. The van der Waals surface area contributed by atoms with E-state index in [9.17, 15) is 14.4 Å². The molecule has 1 saturated heterocycles. The first-order valence-corrected chi connectivity index (χ1v) is 6.98. The highest BCUT2D eigenvalue weighted by Gasteiger charge is 2.30. The second-order valence-electron chi connectivity index (χ2n) is 5.37. The van der Waals surface area contributed by atoms with Crippen molar-refractivity contribution in [3.63, 3.8) is 0 Å². The van der Waals surface area contributed by atoms with Crippen LogP contribution in [0.25, 0.3) is 10.9 Å². The normalized spacial score (nSPS) is 17.8. The Balaban J connectivity index is 2.25. The number of aryl methyl sites for hydroxylation is 1. The minimum atomic E-state index is -0.799. The number of anilines is 1. The van der Waals surface area contributed by atoms with Gasteiger partial charge in [-0.2, -0.15) is 5.26 Å². The predicted molar refractivity (Wildman–Crippen MR) is 81.3 cm³/mol. The van der Waals surface area contributed by atoms with Crippen molar-refractivity contribution in [1.29, 1.82) is 5.26 Å². The van der Waals surface area contributed by atoms with E-state index < -0.39 is 17.5 Å². The van der Waals surface area contributed by atoms with E-state index in [1.165, 1.54) is 16.7 Å². The third kappa shape index (κ3) is 2.32. The quantitative estimate of drug-likeness (QED) is 0.569. The zero-order valence-corrected chi connectivity index (χ0v) is 12.3. The van der Waals surface area contributed by atoms with Crippen LogP contribution in [0.3, 0.4) is 0 Å². The van der Waals surface area contributed by atoms with Crippen LogP contribution < -0.4 is 16.6 Å². The summed E-state index contributed by atoms with van der Waals surface area (Å²) < 4.78 is 1.26. The molecule has 3 rings (SSSR count). The van der Waals surface area contributed by atoms with Crippen LogP contribution in [0.4, 0.5) is 5.69 Å². The van der Waals surface area contributed by atoms with Gasteiger partial charge in [-0.1, -0.05) is 0 Å². The van der Waals surface area contributed by atoms with E-state index in [-0.39, 0.29) is 29.8 Å². The Kier molecular flexibility index (Phi) is 3.33. The van der Waals surface area contributed by atoms with Gasteiger partial charge < -0.3 is 5.73 Å². The first kappa shape index (κ1) is 14.7. The molecule has 1 aromatic carbocycles. The molecule has 0 unspecified atom stereocenters. The van der Waals surface area contributed by atoms with Gasteiger partial charge in [0.1, 0.15) is 11.9 Å². The second-order valence-corrected chi connectivity index (χ2v) is 5.37. The molecular weight excluding hydrogens is 298 g/mol. The van der Waals surface area contributed by atoms with Gasteiger partial charge in [-0.05, 0) is 25.5 Å². The average Bonchev–Trinajstić information content (AvgIpc) is 2.48. The number of nitrogen functional groups attached to an aromatic ring is 1. The third-order valence-corrected chi connectivity index (χ3v) is 3.86. The van der Waals surface area contributed by atoms with Crippen molar-refractivity contribution in [3.05, 3.63) is 33.9 Å². The number of fused-ring (bicyclic) bond motifs is 1. The summed E-state index contributed by atoms with van der Waals surface area (Å²) in [5.74, 6) is -0.560. The summed E-state index contributed by atoms with van der Waals surface area (Å²) in [4.78, 5) is 40.4. The number of piperidine rings is 1. The summed E-state index contributed by atoms with van der Waals surface area (Å²) in [6, 6.07) is 4.04. The fourth-order valence-corrected chi connectivity index (χ4v) is 2.83. The third-order valence-electron chi connectivity index (χ3n) is 3.86. The Morgan fingerprint density at radius 3 is 2.78 bits per heavy atom. The number of rotatable bonds is 1. The number of hydrogen-bond acceptors (Lipinski definition) is 6. The Morgan fingerprint density at radius 2 is 2.13 bits per heavy atom.